The first-order valence-corrected chi connectivity index (χ1v) is 5.18. The van der Waals surface area contributed by atoms with E-state index in [2.05, 4.69) is 15.6 Å². The van der Waals surface area contributed by atoms with Crippen molar-refractivity contribution >= 4 is 5.91 Å². The largest absolute Gasteiger partial charge is 0.349 e. The minimum Gasteiger partial charge on any atom is -0.349 e. The van der Waals surface area contributed by atoms with Crippen LogP contribution in [0.2, 0.25) is 0 Å². The molecule has 4 heteroatoms. The Hall–Kier alpha value is -1.42. The first kappa shape index (κ1) is 10.1. The fourth-order valence-electron chi connectivity index (χ4n) is 1.52. The zero-order chi connectivity index (χ0) is 10.7. The summed E-state index contributed by atoms with van der Waals surface area (Å²) in [6.45, 7) is 3.57. The summed E-state index contributed by atoms with van der Waals surface area (Å²) in [5.74, 6) is 0.272. The number of nitrogens with one attached hydrogen (secondary N) is 2. The topological polar surface area (TPSA) is 54.0 Å². The molecule has 1 aromatic heterocycles. The van der Waals surface area contributed by atoms with Gasteiger partial charge in [0.2, 0.25) is 5.91 Å². The molecule has 0 aliphatic carbocycles. The Morgan fingerprint density at radius 1 is 1.67 bits per heavy atom. The van der Waals surface area contributed by atoms with Gasteiger partial charge in [0, 0.05) is 25.5 Å². The highest BCUT2D eigenvalue weighted by Crippen LogP contribution is 2.12. The quantitative estimate of drug-likeness (QED) is 0.754. The molecule has 15 heavy (non-hydrogen) atoms. The van der Waals surface area contributed by atoms with E-state index in [0.717, 1.165) is 18.7 Å². The predicted octanol–water partition coefficient (Wildman–Crippen LogP) is 0.478. The Balaban J connectivity index is 1.91. The summed E-state index contributed by atoms with van der Waals surface area (Å²) < 4.78 is 0. The third-order valence-corrected chi connectivity index (χ3v) is 2.70. The Morgan fingerprint density at radius 2 is 2.47 bits per heavy atom. The first-order valence-electron chi connectivity index (χ1n) is 5.18. The van der Waals surface area contributed by atoms with Crippen molar-refractivity contribution in [3.05, 3.63) is 30.1 Å². The Morgan fingerprint density at radius 3 is 3.00 bits per heavy atom. The van der Waals surface area contributed by atoms with E-state index in [1.807, 2.05) is 19.1 Å². The Labute approximate surface area is 89.1 Å². The smallest absolute Gasteiger partial charge is 0.226 e. The standard InChI is InChI=1S/C11H15N3O/c1-8(9-3-2-4-12-5-9)14-11(15)10-6-13-7-10/h2-5,8,10,13H,6-7H2,1H3,(H,14,15)/t8-/m1/s1. The molecule has 1 saturated heterocycles. The molecule has 1 atom stereocenters. The molecule has 0 saturated carbocycles. The monoisotopic (exact) mass is 205 g/mol. The van der Waals surface area contributed by atoms with Crippen molar-refractivity contribution in [3.63, 3.8) is 0 Å². The van der Waals surface area contributed by atoms with Crippen molar-refractivity contribution in [2.75, 3.05) is 13.1 Å². The molecule has 0 unspecified atom stereocenters. The van der Waals surface area contributed by atoms with E-state index in [1.54, 1.807) is 12.4 Å². The molecule has 0 aromatic carbocycles. The third-order valence-electron chi connectivity index (χ3n) is 2.70. The molecular formula is C11H15N3O. The lowest BCUT2D eigenvalue weighted by atomic mass is 10.0. The van der Waals surface area contributed by atoms with E-state index in [4.69, 9.17) is 0 Å². The van der Waals surface area contributed by atoms with E-state index in [1.165, 1.54) is 0 Å². The third kappa shape index (κ3) is 2.33. The van der Waals surface area contributed by atoms with Crippen LogP contribution in [0.1, 0.15) is 18.5 Å². The van der Waals surface area contributed by atoms with E-state index in [0.29, 0.717) is 0 Å². The van der Waals surface area contributed by atoms with Gasteiger partial charge in [-0.15, -0.1) is 0 Å². The van der Waals surface area contributed by atoms with Gasteiger partial charge in [-0.3, -0.25) is 9.78 Å². The molecule has 1 aromatic rings. The van der Waals surface area contributed by atoms with Gasteiger partial charge in [0.15, 0.2) is 0 Å². The minimum atomic E-state index is 0.0341. The van der Waals surface area contributed by atoms with Crippen LogP contribution in [0, 0.1) is 5.92 Å². The van der Waals surface area contributed by atoms with E-state index < -0.39 is 0 Å². The van der Waals surface area contributed by atoms with Crippen molar-refractivity contribution in [1.29, 1.82) is 0 Å². The summed E-state index contributed by atoms with van der Waals surface area (Å²) in [4.78, 5) is 15.7. The maximum Gasteiger partial charge on any atom is 0.226 e. The average molecular weight is 205 g/mol. The number of nitrogens with zero attached hydrogens (tertiary/aromatic N) is 1. The number of hydrogen-bond donors (Lipinski definition) is 2. The first-order chi connectivity index (χ1) is 7.27. The molecule has 1 aliphatic heterocycles. The molecule has 0 spiro atoms. The van der Waals surface area contributed by atoms with Crippen LogP contribution in [0.15, 0.2) is 24.5 Å². The van der Waals surface area contributed by atoms with Gasteiger partial charge < -0.3 is 10.6 Å². The van der Waals surface area contributed by atoms with E-state index in [-0.39, 0.29) is 17.9 Å². The average Bonchev–Trinajstić information content (AvgIpc) is 2.16. The van der Waals surface area contributed by atoms with Gasteiger partial charge >= 0.3 is 0 Å². The zero-order valence-corrected chi connectivity index (χ0v) is 8.73. The van der Waals surface area contributed by atoms with Gasteiger partial charge in [-0.05, 0) is 18.6 Å². The number of hydrogen-bond acceptors (Lipinski definition) is 3. The highest BCUT2D eigenvalue weighted by Gasteiger charge is 2.25. The SMILES string of the molecule is C[C@@H](NC(=O)C1CNC1)c1cccnc1. The maximum absolute atomic E-state index is 11.6. The normalized spacial score (nSPS) is 17.9. The van der Waals surface area contributed by atoms with Crippen LogP contribution in [-0.4, -0.2) is 24.0 Å². The molecule has 0 bridgehead atoms. The van der Waals surface area contributed by atoms with Gasteiger partial charge in [-0.25, -0.2) is 0 Å². The number of carbonyl (C=O) groups is 1. The fraction of sp³-hybridized carbons (Fsp3) is 0.455. The van der Waals surface area contributed by atoms with Crippen LogP contribution < -0.4 is 10.6 Å². The van der Waals surface area contributed by atoms with Crippen molar-refractivity contribution in [2.45, 2.75) is 13.0 Å². The summed E-state index contributed by atoms with van der Waals surface area (Å²) >= 11 is 0. The van der Waals surface area contributed by atoms with Crippen LogP contribution in [-0.2, 0) is 4.79 Å². The van der Waals surface area contributed by atoms with Gasteiger partial charge in [-0.1, -0.05) is 6.07 Å². The molecule has 0 radical (unpaired) electrons. The number of aromatic nitrogens is 1. The maximum atomic E-state index is 11.6. The van der Waals surface area contributed by atoms with Crippen LogP contribution >= 0.6 is 0 Å². The fourth-order valence-corrected chi connectivity index (χ4v) is 1.52. The molecular weight excluding hydrogens is 190 g/mol. The summed E-state index contributed by atoms with van der Waals surface area (Å²) in [6.07, 6.45) is 3.51. The lowest BCUT2D eigenvalue weighted by molar-refractivity contribution is -0.127. The van der Waals surface area contributed by atoms with Gasteiger partial charge in [0.05, 0.1) is 12.0 Å². The summed E-state index contributed by atoms with van der Waals surface area (Å²) in [5.41, 5.74) is 1.04. The molecule has 2 N–H and O–H groups in total. The van der Waals surface area contributed by atoms with Crippen molar-refractivity contribution in [1.82, 2.24) is 15.6 Å². The van der Waals surface area contributed by atoms with E-state index >= 15 is 0 Å². The Bertz CT molecular complexity index is 335. The molecule has 1 aliphatic rings. The molecule has 80 valence electrons. The molecule has 1 amide bonds. The van der Waals surface area contributed by atoms with Crippen LogP contribution in [0.4, 0.5) is 0 Å². The number of amides is 1. The van der Waals surface area contributed by atoms with Crippen molar-refractivity contribution in [2.24, 2.45) is 5.92 Å². The highest BCUT2D eigenvalue weighted by atomic mass is 16.2. The second kappa shape index (κ2) is 4.40. The van der Waals surface area contributed by atoms with Crippen LogP contribution in [0.3, 0.4) is 0 Å². The van der Waals surface area contributed by atoms with Gasteiger partial charge in [0.1, 0.15) is 0 Å². The number of carbonyl (C=O) groups excluding carboxylic acids is 1. The van der Waals surface area contributed by atoms with E-state index in [9.17, 15) is 4.79 Å². The molecule has 1 fully saturated rings. The van der Waals surface area contributed by atoms with Gasteiger partial charge in [-0.2, -0.15) is 0 Å². The van der Waals surface area contributed by atoms with Crippen molar-refractivity contribution in [3.8, 4) is 0 Å². The molecule has 4 nitrogen and oxygen atoms in total. The van der Waals surface area contributed by atoms with Gasteiger partial charge in [0.25, 0.3) is 0 Å². The second-order valence-electron chi connectivity index (χ2n) is 3.87. The Kier molecular flexibility index (Phi) is 2.97. The summed E-state index contributed by atoms with van der Waals surface area (Å²) in [5, 5.41) is 6.06. The zero-order valence-electron chi connectivity index (χ0n) is 8.73. The van der Waals surface area contributed by atoms with Crippen LogP contribution in [0.5, 0.6) is 0 Å². The second-order valence-corrected chi connectivity index (χ2v) is 3.87. The lowest BCUT2D eigenvalue weighted by Crippen LogP contribution is -2.51. The number of rotatable bonds is 3. The summed E-state index contributed by atoms with van der Waals surface area (Å²) in [7, 11) is 0. The number of pyridine rings is 1. The lowest BCUT2D eigenvalue weighted by Gasteiger charge is -2.27. The predicted molar refractivity (Wildman–Crippen MR) is 57.2 cm³/mol. The minimum absolute atomic E-state index is 0.0341. The molecule has 2 heterocycles. The van der Waals surface area contributed by atoms with Crippen LogP contribution in [0.25, 0.3) is 0 Å². The summed E-state index contributed by atoms with van der Waals surface area (Å²) in [6, 6.07) is 3.88. The molecule has 2 rings (SSSR count). The highest BCUT2D eigenvalue weighted by molar-refractivity contribution is 5.80. The van der Waals surface area contributed by atoms with Crippen molar-refractivity contribution < 1.29 is 4.79 Å².